The van der Waals surface area contributed by atoms with Gasteiger partial charge in [0.1, 0.15) is 10.6 Å². The summed E-state index contributed by atoms with van der Waals surface area (Å²) in [5, 5.41) is 15.7. The smallest absolute Gasteiger partial charge is 0.341 e. The zero-order valence-corrected chi connectivity index (χ0v) is 21.2. The first-order valence-corrected chi connectivity index (χ1v) is 12.4. The van der Waals surface area contributed by atoms with Crippen LogP contribution in [0.3, 0.4) is 0 Å². The third kappa shape index (κ3) is 8.17. The van der Waals surface area contributed by atoms with E-state index in [2.05, 4.69) is 25.8 Å². The Hall–Kier alpha value is -3.27. The van der Waals surface area contributed by atoms with Gasteiger partial charge in [0.05, 0.1) is 0 Å². The first-order valence-electron chi connectivity index (χ1n) is 10.9. The number of carboxylic acids is 1. The van der Waals surface area contributed by atoms with Crippen molar-refractivity contribution in [3.05, 3.63) is 89.7 Å². The molecule has 0 amide bonds. The maximum atomic E-state index is 13.4. The van der Waals surface area contributed by atoms with E-state index >= 15 is 0 Å². The molecule has 3 aromatic rings. The van der Waals surface area contributed by atoms with E-state index in [1.54, 1.807) is 30.3 Å². The average molecular weight is 501 g/mol. The van der Waals surface area contributed by atoms with Crippen LogP contribution < -0.4 is 4.74 Å². The quantitative estimate of drug-likeness (QED) is 0.458. The van der Waals surface area contributed by atoms with E-state index in [0.29, 0.717) is 5.75 Å². The lowest BCUT2D eigenvalue weighted by atomic mass is 9.87. The number of benzene rings is 2. The standard InChI is InChI=1S/C25H28N2O5S.CH4O/c1-25(2,3)21-10-6-19(7-11-21)16-27(33(30,31)23-5-4-14-26-15-23)17-20-8-12-22(13-9-20)32-18-24(28)29;1-2/h4-15H,16-18H2,1-3H3,(H,28,29);2H,1H3. The van der Waals surface area contributed by atoms with Crippen molar-refractivity contribution in [2.45, 2.75) is 44.2 Å². The van der Waals surface area contributed by atoms with E-state index in [9.17, 15) is 13.2 Å². The van der Waals surface area contributed by atoms with Gasteiger partial charge in [-0.25, -0.2) is 13.2 Å². The summed E-state index contributed by atoms with van der Waals surface area (Å²) in [4.78, 5) is 14.8. The van der Waals surface area contributed by atoms with Crippen molar-refractivity contribution in [3.63, 3.8) is 0 Å². The highest BCUT2D eigenvalue weighted by Crippen LogP contribution is 2.25. The minimum absolute atomic E-state index is 0.00442. The zero-order valence-electron chi connectivity index (χ0n) is 20.4. The van der Waals surface area contributed by atoms with Gasteiger partial charge in [-0.05, 0) is 46.4 Å². The van der Waals surface area contributed by atoms with Crippen LogP contribution in [0.25, 0.3) is 0 Å². The first-order chi connectivity index (χ1) is 16.6. The molecule has 0 unspecified atom stereocenters. The molecule has 0 bridgehead atoms. The van der Waals surface area contributed by atoms with Crippen LogP contribution in [0, 0.1) is 0 Å². The third-order valence-electron chi connectivity index (χ3n) is 5.10. The molecule has 3 rings (SSSR count). The highest BCUT2D eigenvalue weighted by molar-refractivity contribution is 7.89. The van der Waals surface area contributed by atoms with Crippen molar-refractivity contribution >= 4 is 16.0 Å². The molecule has 8 nitrogen and oxygen atoms in total. The molecule has 0 spiro atoms. The minimum Gasteiger partial charge on any atom is -0.482 e. The van der Waals surface area contributed by atoms with Crippen molar-refractivity contribution in [3.8, 4) is 5.75 Å². The predicted octanol–water partition coefficient (Wildman–Crippen LogP) is 3.84. The summed E-state index contributed by atoms with van der Waals surface area (Å²) in [6, 6.07) is 17.8. The van der Waals surface area contributed by atoms with Gasteiger partial charge in [-0.3, -0.25) is 4.98 Å². The molecule has 1 aromatic heterocycles. The number of aromatic nitrogens is 1. The second kappa shape index (κ2) is 12.4. The molecule has 0 atom stereocenters. The molecule has 0 saturated carbocycles. The normalized spacial score (nSPS) is 11.5. The molecule has 0 saturated heterocycles. The van der Waals surface area contributed by atoms with E-state index in [-0.39, 0.29) is 23.4 Å². The summed E-state index contributed by atoms with van der Waals surface area (Å²) >= 11 is 0. The second-order valence-corrected chi connectivity index (χ2v) is 10.7. The molecule has 2 aromatic carbocycles. The van der Waals surface area contributed by atoms with E-state index in [1.165, 1.54) is 28.3 Å². The Morgan fingerprint density at radius 2 is 1.49 bits per heavy atom. The van der Waals surface area contributed by atoms with Crippen molar-refractivity contribution in [2.24, 2.45) is 0 Å². The molecule has 1 heterocycles. The maximum Gasteiger partial charge on any atom is 0.341 e. The van der Waals surface area contributed by atoms with Crippen LogP contribution in [-0.2, 0) is 33.3 Å². The van der Waals surface area contributed by atoms with Crippen molar-refractivity contribution in [1.82, 2.24) is 9.29 Å². The fraction of sp³-hybridized carbons (Fsp3) is 0.308. The number of hydrogen-bond donors (Lipinski definition) is 2. The lowest BCUT2D eigenvalue weighted by Crippen LogP contribution is -2.30. The number of sulfonamides is 1. The number of ether oxygens (including phenoxy) is 1. The zero-order chi connectivity index (χ0) is 26.1. The van der Waals surface area contributed by atoms with Gasteiger partial charge in [0.15, 0.2) is 6.61 Å². The molecular formula is C26H32N2O6S. The van der Waals surface area contributed by atoms with Gasteiger partial charge in [0.25, 0.3) is 0 Å². The lowest BCUT2D eigenvalue weighted by molar-refractivity contribution is -0.139. The van der Waals surface area contributed by atoms with Crippen LogP contribution in [0.2, 0.25) is 0 Å². The van der Waals surface area contributed by atoms with Crippen LogP contribution in [0.4, 0.5) is 0 Å². The Kier molecular flexibility index (Phi) is 9.94. The van der Waals surface area contributed by atoms with Gasteiger partial charge in [0.2, 0.25) is 10.0 Å². The van der Waals surface area contributed by atoms with Crippen LogP contribution in [0.1, 0.15) is 37.5 Å². The number of rotatable bonds is 9. The number of aliphatic hydroxyl groups excluding tert-OH is 1. The summed E-state index contributed by atoms with van der Waals surface area (Å²) in [6.07, 6.45) is 2.87. The molecule has 9 heteroatoms. The fourth-order valence-corrected chi connectivity index (χ4v) is 4.61. The number of carbonyl (C=O) groups is 1. The van der Waals surface area contributed by atoms with Crippen molar-refractivity contribution < 1.29 is 28.2 Å². The molecular weight excluding hydrogens is 468 g/mol. The summed E-state index contributed by atoms with van der Waals surface area (Å²) < 4.78 is 33.4. The van der Waals surface area contributed by atoms with Crippen molar-refractivity contribution in [1.29, 1.82) is 0 Å². The third-order valence-corrected chi connectivity index (χ3v) is 6.87. The van der Waals surface area contributed by atoms with Crippen LogP contribution in [0.5, 0.6) is 5.75 Å². The number of aliphatic hydroxyl groups is 1. The Labute approximate surface area is 206 Å². The Morgan fingerprint density at radius 3 is 1.94 bits per heavy atom. The summed E-state index contributed by atoms with van der Waals surface area (Å²) in [5.41, 5.74) is 2.79. The molecule has 0 radical (unpaired) electrons. The van der Waals surface area contributed by atoms with Gasteiger partial charge >= 0.3 is 5.97 Å². The molecule has 0 aliphatic heterocycles. The van der Waals surface area contributed by atoms with E-state index in [1.807, 2.05) is 24.3 Å². The second-order valence-electron chi connectivity index (χ2n) is 8.74. The van der Waals surface area contributed by atoms with Crippen molar-refractivity contribution in [2.75, 3.05) is 13.7 Å². The Balaban J connectivity index is 0.00000210. The van der Waals surface area contributed by atoms with Gasteiger partial charge in [-0.1, -0.05) is 57.2 Å². The number of aliphatic carboxylic acids is 1. The molecule has 0 aliphatic carbocycles. The van der Waals surface area contributed by atoms with Crippen LogP contribution in [-0.4, -0.2) is 47.6 Å². The molecule has 0 aliphatic rings. The molecule has 2 N–H and O–H groups in total. The molecule has 35 heavy (non-hydrogen) atoms. The van der Waals surface area contributed by atoms with E-state index < -0.39 is 22.6 Å². The highest BCUT2D eigenvalue weighted by atomic mass is 32.2. The van der Waals surface area contributed by atoms with Gasteiger partial charge in [-0.2, -0.15) is 4.31 Å². The van der Waals surface area contributed by atoms with Gasteiger partial charge in [0, 0.05) is 32.6 Å². The van der Waals surface area contributed by atoms with E-state index in [0.717, 1.165) is 18.2 Å². The van der Waals surface area contributed by atoms with Crippen LogP contribution in [0.15, 0.2) is 78.0 Å². The fourth-order valence-electron chi connectivity index (χ4n) is 3.23. The summed E-state index contributed by atoms with van der Waals surface area (Å²) in [5.74, 6) is -0.661. The number of nitrogens with zero attached hydrogens (tertiary/aromatic N) is 2. The van der Waals surface area contributed by atoms with Gasteiger partial charge in [-0.15, -0.1) is 0 Å². The highest BCUT2D eigenvalue weighted by Gasteiger charge is 2.25. The summed E-state index contributed by atoms with van der Waals surface area (Å²) in [7, 11) is -2.81. The Morgan fingerprint density at radius 1 is 0.943 bits per heavy atom. The topological polar surface area (TPSA) is 117 Å². The monoisotopic (exact) mass is 500 g/mol. The Bertz CT molecular complexity index is 1170. The first kappa shape index (κ1) is 28.0. The van der Waals surface area contributed by atoms with Gasteiger partial charge < -0.3 is 14.9 Å². The number of pyridine rings is 1. The van der Waals surface area contributed by atoms with Crippen LogP contribution >= 0.6 is 0 Å². The molecule has 0 fully saturated rings. The number of hydrogen-bond acceptors (Lipinski definition) is 6. The minimum atomic E-state index is -3.81. The largest absolute Gasteiger partial charge is 0.482 e. The SMILES string of the molecule is CC(C)(C)c1ccc(CN(Cc2ccc(OCC(=O)O)cc2)S(=O)(=O)c2cccnc2)cc1.CO. The summed E-state index contributed by atoms with van der Waals surface area (Å²) in [6.45, 7) is 6.28. The molecule has 188 valence electrons. The number of carboxylic acid groups (broad SMARTS) is 1. The van der Waals surface area contributed by atoms with E-state index in [4.69, 9.17) is 14.9 Å². The average Bonchev–Trinajstić information content (AvgIpc) is 2.84. The maximum absolute atomic E-state index is 13.4. The predicted molar refractivity (Wildman–Crippen MR) is 134 cm³/mol. The lowest BCUT2D eigenvalue weighted by Gasteiger charge is -2.24.